The molecule has 1 heterocycles. The molecule has 21 heavy (non-hydrogen) atoms. The molecule has 1 saturated heterocycles. The van der Waals surface area contributed by atoms with E-state index in [0.29, 0.717) is 13.0 Å². The molecule has 1 aromatic carbocycles. The molecule has 1 aromatic rings. The molecule has 1 unspecified atom stereocenters. The lowest BCUT2D eigenvalue weighted by molar-refractivity contribution is -0.138. The van der Waals surface area contributed by atoms with Gasteiger partial charge in [0.2, 0.25) is 11.8 Å². The summed E-state index contributed by atoms with van der Waals surface area (Å²) in [5, 5.41) is 2.97. The Labute approximate surface area is 126 Å². The van der Waals surface area contributed by atoms with Crippen LogP contribution in [0.1, 0.15) is 37.7 Å². The highest BCUT2D eigenvalue weighted by Crippen LogP contribution is 2.16. The van der Waals surface area contributed by atoms with Gasteiger partial charge in [0.1, 0.15) is 6.04 Å². The van der Waals surface area contributed by atoms with Gasteiger partial charge < -0.3 is 10.2 Å². The molecular weight excluding hydrogens is 264 g/mol. The van der Waals surface area contributed by atoms with Crippen LogP contribution in [0.15, 0.2) is 30.3 Å². The fourth-order valence-electron chi connectivity index (χ4n) is 2.73. The third kappa shape index (κ3) is 4.59. The zero-order valence-corrected chi connectivity index (χ0v) is 12.7. The average molecular weight is 288 g/mol. The summed E-state index contributed by atoms with van der Waals surface area (Å²) < 4.78 is 0. The van der Waals surface area contributed by atoms with Gasteiger partial charge in [0.15, 0.2) is 0 Å². The minimum Gasteiger partial charge on any atom is -0.354 e. The van der Waals surface area contributed by atoms with Crippen molar-refractivity contribution in [3.05, 3.63) is 35.9 Å². The Kier molecular flexibility index (Phi) is 5.78. The van der Waals surface area contributed by atoms with Crippen LogP contribution in [0.2, 0.25) is 0 Å². The van der Waals surface area contributed by atoms with E-state index >= 15 is 0 Å². The van der Waals surface area contributed by atoms with Gasteiger partial charge >= 0.3 is 0 Å². The number of benzene rings is 1. The maximum atomic E-state index is 12.2. The summed E-state index contributed by atoms with van der Waals surface area (Å²) >= 11 is 0. The molecule has 1 N–H and O–H groups in total. The maximum Gasteiger partial charge on any atom is 0.242 e. The third-order valence-corrected chi connectivity index (χ3v) is 4.07. The maximum absolute atomic E-state index is 12.2. The lowest BCUT2D eigenvalue weighted by Gasteiger charge is -2.25. The molecule has 0 aliphatic carbocycles. The Hall–Kier alpha value is -1.84. The number of aryl methyl sites for hydroxylation is 1. The van der Waals surface area contributed by atoms with Crippen molar-refractivity contribution in [1.82, 2.24) is 10.2 Å². The van der Waals surface area contributed by atoms with Crippen molar-refractivity contribution < 1.29 is 9.59 Å². The van der Waals surface area contributed by atoms with E-state index in [9.17, 15) is 9.59 Å². The molecule has 1 fully saturated rings. The van der Waals surface area contributed by atoms with E-state index in [1.807, 2.05) is 18.2 Å². The summed E-state index contributed by atoms with van der Waals surface area (Å²) in [6.07, 6.45) is 5.04. The quantitative estimate of drug-likeness (QED) is 0.844. The molecule has 1 atom stereocenters. The fraction of sp³-hybridized carbons (Fsp3) is 0.529. The SMILES string of the molecule is CN1C(=O)CCCCC1C(=O)NCCCc1ccccc1. The van der Waals surface area contributed by atoms with Crippen molar-refractivity contribution >= 4 is 11.8 Å². The smallest absolute Gasteiger partial charge is 0.242 e. The molecule has 1 aliphatic rings. The Balaban J connectivity index is 1.74. The van der Waals surface area contributed by atoms with E-state index in [1.165, 1.54) is 5.56 Å². The molecular formula is C17H24N2O2. The Bertz CT molecular complexity index is 473. The van der Waals surface area contributed by atoms with Crippen LogP contribution >= 0.6 is 0 Å². The number of likely N-dealkylation sites (tertiary alicyclic amines) is 1. The Morgan fingerprint density at radius 3 is 2.81 bits per heavy atom. The standard InChI is InChI=1S/C17H24N2O2/c1-19-15(11-5-6-12-16(19)20)17(21)18-13-7-10-14-8-3-2-4-9-14/h2-4,8-9,15H,5-7,10-13H2,1H3,(H,18,21). The summed E-state index contributed by atoms with van der Waals surface area (Å²) in [6, 6.07) is 9.96. The number of nitrogens with zero attached hydrogens (tertiary/aromatic N) is 1. The summed E-state index contributed by atoms with van der Waals surface area (Å²) in [5.74, 6) is 0.0674. The van der Waals surface area contributed by atoms with Crippen LogP contribution < -0.4 is 5.32 Å². The van der Waals surface area contributed by atoms with Crippen LogP contribution in [0.4, 0.5) is 0 Å². The second kappa shape index (κ2) is 7.81. The van der Waals surface area contributed by atoms with Gasteiger partial charge in [0.25, 0.3) is 0 Å². The first-order valence-electron chi connectivity index (χ1n) is 7.76. The average Bonchev–Trinajstić information content (AvgIpc) is 2.67. The predicted molar refractivity (Wildman–Crippen MR) is 82.8 cm³/mol. The highest BCUT2D eigenvalue weighted by molar-refractivity contribution is 5.87. The van der Waals surface area contributed by atoms with Crippen molar-refractivity contribution in [2.75, 3.05) is 13.6 Å². The number of carbonyl (C=O) groups is 2. The zero-order valence-electron chi connectivity index (χ0n) is 12.7. The van der Waals surface area contributed by atoms with Crippen LogP contribution in [0.25, 0.3) is 0 Å². The first-order valence-corrected chi connectivity index (χ1v) is 7.76. The second-order valence-electron chi connectivity index (χ2n) is 5.65. The molecule has 1 aliphatic heterocycles. The number of amides is 2. The van der Waals surface area contributed by atoms with Crippen LogP contribution in [-0.4, -0.2) is 36.3 Å². The number of hydrogen-bond donors (Lipinski definition) is 1. The van der Waals surface area contributed by atoms with Gasteiger partial charge in [-0.1, -0.05) is 36.8 Å². The van der Waals surface area contributed by atoms with E-state index in [-0.39, 0.29) is 17.9 Å². The number of carbonyl (C=O) groups excluding carboxylic acids is 2. The predicted octanol–water partition coefficient (Wildman–Crippen LogP) is 2.14. The van der Waals surface area contributed by atoms with E-state index in [0.717, 1.165) is 32.1 Å². The van der Waals surface area contributed by atoms with Gasteiger partial charge in [0, 0.05) is 20.0 Å². The van der Waals surface area contributed by atoms with Gasteiger partial charge in [0.05, 0.1) is 0 Å². The normalized spacial score (nSPS) is 19.2. The minimum atomic E-state index is -0.295. The van der Waals surface area contributed by atoms with Crippen molar-refractivity contribution in [1.29, 1.82) is 0 Å². The molecule has 4 heteroatoms. The number of nitrogens with one attached hydrogen (secondary N) is 1. The van der Waals surface area contributed by atoms with E-state index < -0.39 is 0 Å². The van der Waals surface area contributed by atoms with Gasteiger partial charge in [-0.25, -0.2) is 0 Å². The number of likely N-dealkylation sites (N-methyl/N-ethyl adjacent to an activating group) is 1. The van der Waals surface area contributed by atoms with Crippen LogP contribution in [0.3, 0.4) is 0 Å². The molecule has 2 amide bonds. The number of rotatable bonds is 5. The summed E-state index contributed by atoms with van der Waals surface area (Å²) in [5.41, 5.74) is 1.29. The van der Waals surface area contributed by atoms with Crippen molar-refractivity contribution in [2.24, 2.45) is 0 Å². The van der Waals surface area contributed by atoms with Crippen molar-refractivity contribution in [2.45, 2.75) is 44.6 Å². The lowest BCUT2D eigenvalue weighted by atomic mass is 10.1. The monoisotopic (exact) mass is 288 g/mol. The van der Waals surface area contributed by atoms with Crippen LogP contribution in [0, 0.1) is 0 Å². The highest BCUT2D eigenvalue weighted by Gasteiger charge is 2.28. The lowest BCUT2D eigenvalue weighted by Crippen LogP contribution is -2.46. The van der Waals surface area contributed by atoms with E-state index in [4.69, 9.17) is 0 Å². The van der Waals surface area contributed by atoms with Crippen molar-refractivity contribution in [3.63, 3.8) is 0 Å². The number of hydrogen-bond acceptors (Lipinski definition) is 2. The molecule has 2 rings (SSSR count). The van der Waals surface area contributed by atoms with Gasteiger partial charge in [-0.3, -0.25) is 9.59 Å². The molecule has 0 radical (unpaired) electrons. The highest BCUT2D eigenvalue weighted by atomic mass is 16.2. The van der Waals surface area contributed by atoms with Crippen molar-refractivity contribution in [3.8, 4) is 0 Å². The first-order chi connectivity index (χ1) is 10.2. The zero-order chi connectivity index (χ0) is 15.1. The van der Waals surface area contributed by atoms with Gasteiger partial charge in [-0.2, -0.15) is 0 Å². The van der Waals surface area contributed by atoms with Crippen LogP contribution in [0.5, 0.6) is 0 Å². The molecule has 0 saturated carbocycles. The summed E-state index contributed by atoms with van der Waals surface area (Å²) in [7, 11) is 1.74. The molecule has 0 aromatic heterocycles. The van der Waals surface area contributed by atoms with Crippen LogP contribution in [-0.2, 0) is 16.0 Å². The topological polar surface area (TPSA) is 49.4 Å². The summed E-state index contributed by atoms with van der Waals surface area (Å²) in [6.45, 7) is 0.659. The summed E-state index contributed by atoms with van der Waals surface area (Å²) in [4.78, 5) is 25.6. The van der Waals surface area contributed by atoms with E-state index in [1.54, 1.807) is 11.9 Å². The van der Waals surface area contributed by atoms with Gasteiger partial charge in [-0.05, 0) is 31.2 Å². The Morgan fingerprint density at radius 2 is 2.05 bits per heavy atom. The van der Waals surface area contributed by atoms with Gasteiger partial charge in [-0.15, -0.1) is 0 Å². The molecule has 0 bridgehead atoms. The third-order valence-electron chi connectivity index (χ3n) is 4.07. The fourth-order valence-corrected chi connectivity index (χ4v) is 2.73. The molecule has 0 spiro atoms. The van der Waals surface area contributed by atoms with E-state index in [2.05, 4.69) is 17.4 Å². The minimum absolute atomic E-state index is 0.0131. The largest absolute Gasteiger partial charge is 0.354 e. The molecule has 114 valence electrons. The first kappa shape index (κ1) is 15.5. The molecule has 4 nitrogen and oxygen atoms in total. The Morgan fingerprint density at radius 1 is 1.29 bits per heavy atom. The second-order valence-corrected chi connectivity index (χ2v) is 5.65.